The third-order valence-corrected chi connectivity index (χ3v) is 7.25. The van der Waals surface area contributed by atoms with E-state index in [2.05, 4.69) is 20.5 Å². The van der Waals surface area contributed by atoms with Crippen molar-refractivity contribution in [2.45, 2.75) is 32.2 Å². The van der Waals surface area contributed by atoms with Crippen LogP contribution in [0.2, 0.25) is 0 Å². The van der Waals surface area contributed by atoms with Gasteiger partial charge in [-0.15, -0.1) is 0 Å². The summed E-state index contributed by atoms with van der Waals surface area (Å²) in [6.07, 6.45) is 2.64. The molecule has 0 spiro atoms. The van der Waals surface area contributed by atoms with Crippen LogP contribution in [0.25, 0.3) is 10.9 Å². The molecule has 5 rings (SSSR count). The van der Waals surface area contributed by atoms with Crippen LogP contribution in [-0.4, -0.2) is 59.8 Å². The third-order valence-electron chi connectivity index (χ3n) is 7.25. The molecule has 9 heteroatoms. The Hall–Kier alpha value is -3.98. The van der Waals surface area contributed by atoms with E-state index in [9.17, 15) is 14.4 Å². The number of carbonyl (C=O) groups is 3. The van der Waals surface area contributed by atoms with Crippen molar-refractivity contribution in [1.29, 1.82) is 0 Å². The first-order valence-corrected chi connectivity index (χ1v) is 12.8. The molecule has 2 fully saturated rings. The van der Waals surface area contributed by atoms with Gasteiger partial charge in [0.25, 0.3) is 5.91 Å². The van der Waals surface area contributed by atoms with E-state index in [4.69, 9.17) is 5.73 Å². The highest BCUT2D eigenvalue weighted by molar-refractivity contribution is 5.99. The average molecular weight is 501 g/mol. The Morgan fingerprint density at radius 1 is 1.08 bits per heavy atom. The van der Waals surface area contributed by atoms with Crippen molar-refractivity contribution < 1.29 is 14.4 Å². The van der Waals surface area contributed by atoms with E-state index in [-0.39, 0.29) is 29.7 Å². The zero-order valence-corrected chi connectivity index (χ0v) is 20.9. The van der Waals surface area contributed by atoms with Crippen LogP contribution in [0.5, 0.6) is 0 Å². The molecule has 0 saturated carbocycles. The lowest BCUT2D eigenvalue weighted by Gasteiger charge is -2.23. The summed E-state index contributed by atoms with van der Waals surface area (Å²) >= 11 is 0. The second kappa shape index (κ2) is 10.6. The van der Waals surface area contributed by atoms with Crippen LogP contribution >= 0.6 is 0 Å². The van der Waals surface area contributed by atoms with Gasteiger partial charge < -0.3 is 21.3 Å². The van der Waals surface area contributed by atoms with E-state index in [1.54, 1.807) is 23.1 Å². The van der Waals surface area contributed by atoms with Crippen LogP contribution in [0.3, 0.4) is 0 Å². The number of nitrogens with two attached hydrogens (primary N) is 1. The molecule has 3 heterocycles. The van der Waals surface area contributed by atoms with Gasteiger partial charge in [0.15, 0.2) is 0 Å². The van der Waals surface area contributed by atoms with Gasteiger partial charge in [0.05, 0.1) is 11.6 Å². The van der Waals surface area contributed by atoms with E-state index < -0.39 is 0 Å². The fraction of sp³-hybridized carbons (Fsp3) is 0.357. The minimum atomic E-state index is -0.208. The van der Waals surface area contributed by atoms with E-state index in [0.29, 0.717) is 42.1 Å². The van der Waals surface area contributed by atoms with E-state index in [0.717, 1.165) is 37.0 Å². The summed E-state index contributed by atoms with van der Waals surface area (Å²) < 4.78 is 0. The van der Waals surface area contributed by atoms with E-state index in [1.807, 2.05) is 43.3 Å². The van der Waals surface area contributed by atoms with Crippen molar-refractivity contribution in [3.05, 3.63) is 60.2 Å². The van der Waals surface area contributed by atoms with Crippen molar-refractivity contribution in [2.75, 3.05) is 42.1 Å². The lowest BCUT2D eigenvalue weighted by atomic mass is 10.1. The van der Waals surface area contributed by atoms with Crippen LogP contribution in [0.4, 0.5) is 17.2 Å². The van der Waals surface area contributed by atoms with Gasteiger partial charge in [-0.2, -0.15) is 0 Å². The maximum atomic E-state index is 12.7. The Morgan fingerprint density at radius 2 is 1.81 bits per heavy atom. The van der Waals surface area contributed by atoms with Crippen LogP contribution in [0, 0.1) is 5.92 Å². The maximum Gasteiger partial charge on any atom is 0.251 e. The minimum Gasteiger partial charge on any atom is -0.384 e. The standard InChI is InChI=1S/C28H32N6O3/c1-18(33-12-2-3-13-33)27(36)31-22-7-9-23(10-8-22)34-17-19(14-26(34)35)16-30-28(37)21-5-4-20-6-11-25(29)32-24(20)15-21/h4-11,15,18-19H,2-3,12-14,16-17H2,1H3,(H2,29,32)(H,30,37)(H,31,36). The quantitative estimate of drug-likeness (QED) is 0.459. The first-order valence-electron chi connectivity index (χ1n) is 12.8. The molecule has 9 nitrogen and oxygen atoms in total. The number of nitrogen functional groups attached to an aromatic ring is 1. The summed E-state index contributed by atoms with van der Waals surface area (Å²) in [4.78, 5) is 46.2. The maximum absolute atomic E-state index is 12.7. The average Bonchev–Trinajstić information content (AvgIpc) is 3.57. The highest BCUT2D eigenvalue weighted by Crippen LogP contribution is 2.26. The number of anilines is 3. The van der Waals surface area contributed by atoms with Crippen molar-refractivity contribution in [1.82, 2.24) is 15.2 Å². The highest BCUT2D eigenvalue weighted by Gasteiger charge is 2.31. The molecular formula is C28H32N6O3. The molecule has 0 radical (unpaired) electrons. The zero-order valence-electron chi connectivity index (χ0n) is 20.9. The summed E-state index contributed by atoms with van der Waals surface area (Å²) in [7, 11) is 0. The lowest BCUT2D eigenvalue weighted by molar-refractivity contribution is -0.120. The number of nitrogens with one attached hydrogen (secondary N) is 2. The number of fused-ring (bicyclic) bond motifs is 1. The van der Waals surface area contributed by atoms with Gasteiger partial charge in [-0.3, -0.25) is 19.3 Å². The number of pyridine rings is 1. The van der Waals surface area contributed by atoms with Crippen molar-refractivity contribution in [2.24, 2.45) is 5.92 Å². The molecule has 37 heavy (non-hydrogen) atoms. The SMILES string of the molecule is CC(C(=O)Nc1ccc(N2CC(CNC(=O)c3ccc4ccc(N)nc4c3)CC2=O)cc1)N1CCCC1. The smallest absolute Gasteiger partial charge is 0.251 e. The number of benzene rings is 2. The molecule has 1 aromatic heterocycles. The van der Waals surface area contributed by atoms with Crippen molar-refractivity contribution in [3.8, 4) is 0 Å². The Labute approximate surface area is 216 Å². The van der Waals surface area contributed by atoms with Gasteiger partial charge in [0.2, 0.25) is 11.8 Å². The molecule has 2 aliphatic rings. The molecule has 0 aliphatic carbocycles. The van der Waals surface area contributed by atoms with Gasteiger partial charge in [-0.05, 0) is 81.4 Å². The fourth-order valence-electron chi connectivity index (χ4n) is 5.05. The molecule has 2 saturated heterocycles. The van der Waals surface area contributed by atoms with Gasteiger partial charge in [-0.25, -0.2) is 4.98 Å². The number of nitrogens with zero attached hydrogens (tertiary/aromatic N) is 3. The zero-order chi connectivity index (χ0) is 25.9. The number of aromatic nitrogens is 1. The first-order chi connectivity index (χ1) is 17.9. The fourth-order valence-corrected chi connectivity index (χ4v) is 5.05. The second-order valence-electron chi connectivity index (χ2n) is 9.88. The van der Waals surface area contributed by atoms with Crippen molar-refractivity contribution in [3.63, 3.8) is 0 Å². The molecule has 2 atom stereocenters. The molecule has 3 aromatic rings. The topological polar surface area (TPSA) is 121 Å². The molecule has 3 amide bonds. The Balaban J connectivity index is 1.15. The summed E-state index contributed by atoms with van der Waals surface area (Å²) in [6, 6.07) is 16.1. The largest absolute Gasteiger partial charge is 0.384 e. The molecule has 192 valence electrons. The number of hydrogen-bond acceptors (Lipinski definition) is 6. The number of likely N-dealkylation sites (tertiary alicyclic amines) is 1. The molecular weight excluding hydrogens is 468 g/mol. The first kappa shape index (κ1) is 24.7. The normalized spacial score (nSPS) is 18.8. The monoisotopic (exact) mass is 500 g/mol. The molecule has 4 N–H and O–H groups in total. The lowest BCUT2D eigenvalue weighted by Crippen LogP contribution is -2.40. The Kier molecular flexibility index (Phi) is 7.05. The predicted molar refractivity (Wildman–Crippen MR) is 144 cm³/mol. The highest BCUT2D eigenvalue weighted by atomic mass is 16.2. The number of rotatable bonds is 7. The number of hydrogen-bond donors (Lipinski definition) is 3. The molecule has 0 bridgehead atoms. The molecule has 2 unspecified atom stereocenters. The van der Waals surface area contributed by atoms with E-state index >= 15 is 0 Å². The van der Waals surface area contributed by atoms with Crippen molar-refractivity contribution >= 4 is 45.8 Å². The summed E-state index contributed by atoms with van der Waals surface area (Å²) in [5, 5.41) is 6.84. The second-order valence-corrected chi connectivity index (χ2v) is 9.88. The van der Waals surface area contributed by atoms with Crippen LogP contribution in [0.1, 0.15) is 36.5 Å². The summed E-state index contributed by atoms with van der Waals surface area (Å²) in [6.45, 7) is 4.77. The van der Waals surface area contributed by atoms with E-state index in [1.165, 1.54) is 0 Å². The Morgan fingerprint density at radius 3 is 2.57 bits per heavy atom. The molecule has 2 aromatic carbocycles. The molecule has 2 aliphatic heterocycles. The number of carbonyl (C=O) groups excluding carboxylic acids is 3. The van der Waals surface area contributed by atoms with Crippen LogP contribution < -0.4 is 21.3 Å². The van der Waals surface area contributed by atoms with Gasteiger partial charge >= 0.3 is 0 Å². The van der Waals surface area contributed by atoms with Crippen LogP contribution in [0.15, 0.2) is 54.6 Å². The predicted octanol–water partition coefficient (Wildman–Crippen LogP) is 3.02. The Bertz CT molecular complexity index is 1320. The third kappa shape index (κ3) is 5.56. The van der Waals surface area contributed by atoms with Gasteiger partial charge in [0, 0.05) is 47.8 Å². The van der Waals surface area contributed by atoms with Gasteiger partial charge in [0.1, 0.15) is 5.82 Å². The number of amides is 3. The summed E-state index contributed by atoms with van der Waals surface area (Å²) in [5.74, 6) is 0.200. The summed E-state index contributed by atoms with van der Waals surface area (Å²) in [5.41, 5.74) is 8.42. The minimum absolute atomic E-state index is 0.00589. The van der Waals surface area contributed by atoms with Gasteiger partial charge in [-0.1, -0.05) is 6.07 Å². The van der Waals surface area contributed by atoms with Crippen LogP contribution in [-0.2, 0) is 9.59 Å².